The molecular formula is C93H106Cl3NO24. The number of aliphatic hydroxyl groups excluding tert-OH is 3. The summed E-state index contributed by atoms with van der Waals surface area (Å²) in [6.07, 6.45) is -32.1. The summed E-state index contributed by atoms with van der Waals surface area (Å²) < 4.78 is 133. The predicted molar refractivity (Wildman–Crippen MR) is 444 cm³/mol. The molecule has 13 rings (SSSR count). The van der Waals surface area contributed by atoms with E-state index in [4.69, 9.17) is 125 Å². The van der Waals surface area contributed by atoms with E-state index in [2.05, 4.69) is 11.9 Å². The van der Waals surface area contributed by atoms with E-state index < -0.39 is 176 Å². The normalized spacial score (nSPS) is 30.7. The Morgan fingerprint density at radius 3 is 1.06 bits per heavy atom. The van der Waals surface area contributed by atoms with Crippen LogP contribution in [0.5, 0.6) is 0 Å². The number of carbonyl (C=O) groups excluding carboxylic acids is 2. The summed E-state index contributed by atoms with van der Waals surface area (Å²) in [5, 5.41) is 38.0. The molecule has 8 aromatic rings. The van der Waals surface area contributed by atoms with Crippen LogP contribution in [0.3, 0.4) is 0 Å². The Kier molecular flexibility index (Phi) is 34.2. The molecule has 8 aromatic carbocycles. The summed E-state index contributed by atoms with van der Waals surface area (Å²) >= 11 is 19.0. The molecule has 5 fully saturated rings. The van der Waals surface area contributed by atoms with Crippen molar-refractivity contribution in [2.24, 2.45) is 0 Å². The largest absolute Gasteiger partial charge is 0.454 e. The molecule has 0 aromatic heterocycles. The molecule has 0 aliphatic carbocycles. The van der Waals surface area contributed by atoms with E-state index in [0.29, 0.717) is 0 Å². The van der Waals surface area contributed by atoms with Crippen molar-refractivity contribution in [1.29, 1.82) is 0 Å². The Hall–Kier alpha value is -7.53. The number of amides is 1. The van der Waals surface area contributed by atoms with Gasteiger partial charge in [-0.15, -0.1) is 6.58 Å². The Balaban J connectivity index is 1.00. The topological polar surface area (TPSA) is 282 Å². The van der Waals surface area contributed by atoms with Crippen LogP contribution in [-0.4, -0.2) is 204 Å². The number of benzene rings is 8. The fraction of sp³-hybridized carbons (Fsp3) is 0.441. The van der Waals surface area contributed by atoms with Gasteiger partial charge in [0, 0.05) is 6.92 Å². The molecule has 25 atom stereocenters. The van der Waals surface area contributed by atoms with E-state index in [0.717, 1.165) is 44.5 Å². The molecule has 648 valence electrons. The lowest BCUT2D eigenvalue weighted by Crippen LogP contribution is -2.70. The fourth-order valence-corrected chi connectivity index (χ4v) is 15.5. The van der Waals surface area contributed by atoms with Gasteiger partial charge in [-0.05, 0) is 65.3 Å². The second-order valence-corrected chi connectivity index (χ2v) is 32.6. The Labute approximate surface area is 720 Å². The van der Waals surface area contributed by atoms with Crippen LogP contribution in [0.15, 0.2) is 255 Å². The first-order chi connectivity index (χ1) is 58.9. The predicted octanol–water partition coefficient (Wildman–Crippen LogP) is 12.2. The Morgan fingerprint density at radius 1 is 0.372 bits per heavy atom. The van der Waals surface area contributed by atoms with Gasteiger partial charge < -0.3 is 111 Å². The summed E-state index contributed by atoms with van der Waals surface area (Å²) in [6, 6.07) is 74.4. The van der Waals surface area contributed by atoms with Crippen molar-refractivity contribution in [2.45, 2.75) is 238 Å². The van der Waals surface area contributed by atoms with Crippen LogP contribution in [-0.2, 0) is 152 Å². The minimum atomic E-state index is -2.68. The molecule has 0 bridgehead atoms. The lowest BCUT2D eigenvalue weighted by Gasteiger charge is -2.53. The average Bonchev–Trinajstić information content (AvgIpc) is 0.752. The van der Waals surface area contributed by atoms with E-state index >= 15 is 0 Å². The summed E-state index contributed by atoms with van der Waals surface area (Å²) in [5.74, 6) is -1.98. The van der Waals surface area contributed by atoms with Crippen molar-refractivity contribution < 1.29 is 115 Å². The lowest BCUT2D eigenvalue weighted by atomic mass is 9.94. The lowest BCUT2D eigenvalue weighted by molar-refractivity contribution is -0.415. The van der Waals surface area contributed by atoms with E-state index in [1.54, 1.807) is 20.8 Å². The zero-order valence-electron chi connectivity index (χ0n) is 67.6. The molecule has 1 amide bonds. The number of aliphatic hydroxyl groups is 3. The van der Waals surface area contributed by atoms with Crippen molar-refractivity contribution in [3.63, 3.8) is 0 Å². The van der Waals surface area contributed by atoms with Crippen LogP contribution in [0, 0.1) is 0 Å². The van der Waals surface area contributed by atoms with Crippen LogP contribution in [0.25, 0.3) is 0 Å². The highest BCUT2D eigenvalue weighted by Gasteiger charge is 2.60. The van der Waals surface area contributed by atoms with Gasteiger partial charge in [0.1, 0.15) is 97.6 Å². The second kappa shape index (κ2) is 45.4. The smallest absolute Gasteiger partial charge is 0.303 e. The van der Waals surface area contributed by atoms with Crippen LogP contribution < -0.4 is 5.32 Å². The molecule has 0 spiro atoms. The first-order valence-electron chi connectivity index (χ1n) is 40.7. The molecule has 25 nitrogen and oxygen atoms in total. The monoisotopic (exact) mass is 1730 g/mol. The van der Waals surface area contributed by atoms with Crippen molar-refractivity contribution in [2.75, 3.05) is 19.8 Å². The minimum absolute atomic E-state index is 0.0313. The van der Waals surface area contributed by atoms with Gasteiger partial charge in [0.25, 0.3) is 9.70 Å². The van der Waals surface area contributed by atoms with Crippen molar-refractivity contribution >= 4 is 46.7 Å². The standard InChI is InChI=1S/C93H106Cl3NO24/c1-6-47-104-88-85(115-61(5)99)81(76(59(3)112-88)106-51-64-35-19-9-20-36-64)119-90-84(79(109-54-67-41-25-12-26-42-67)75(58(2)113-90)105-50-63-33-17-8-18-34-63)121-91-86(120-87-72(97-92(102)93(94,95)96)74(101)73(100)70(48-98)116-87)82(77(60(4)114-91)107-52-65-37-21-10-22-38-65)118-89-83(111-56-69-45-29-14-30-46-69)80(110-55-68-43-27-13-28-44-68)78(108-53-66-39-23-11-24-40-66)71(117-89)57-103-49-62-31-15-7-16-32-62/h6-46,58-60,70-91,98,100-101H,1,47-57H2,2-5H3,(H,97,102)/t58-,59-,60-,70+,71+,72+,73+,74+,75-,76-,77-,78+,79+,80-,81+,82+,83+,84+,85+,86+,87-,88+,89+,90-,91-/m0/s1. The molecule has 5 saturated heterocycles. The van der Waals surface area contributed by atoms with Gasteiger partial charge in [-0.1, -0.05) is 284 Å². The zero-order chi connectivity index (χ0) is 84.6. The van der Waals surface area contributed by atoms with Crippen molar-refractivity contribution in [3.8, 4) is 0 Å². The number of esters is 1. The van der Waals surface area contributed by atoms with Crippen LogP contribution in [0.2, 0.25) is 0 Å². The molecule has 28 heteroatoms. The van der Waals surface area contributed by atoms with Crippen LogP contribution in [0.4, 0.5) is 0 Å². The number of alkyl halides is 3. The number of ether oxygens (including phenoxy) is 19. The number of carbonyl (C=O) groups is 2. The van der Waals surface area contributed by atoms with Gasteiger partial charge in [-0.25, -0.2) is 0 Å². The van der Waals surface area contributed by atoms with Gasteiger partial charge >= 0.3 is 5.97 Å². The molecule has 5 aliphatic rings. The van der Waals surface area contributed by atoms with Gasteiger partial charge in [0.15, 0.2) is 37.6 Å². The first kappa shape index (κ1) is 91.2. The van der Waals surface area contributed by atoms with Crippen LogP contribution >= 0.6 is 34.8 Å². The molecule has 0 saturated carbocycles. The third-order valence-corrected chi connectivity index (χ3v) is 22.0. The van der Waals surface area contributed by atoms with Gasteiger partial charge in [-0.3, -0.25) is 9.59 Å². The highest BCUT2D eigenvalue weighted by molar-refractivity contribution is 6.76. The van der Waals surface area contributed by atoms with Crippen molar-refractivity contribution in [1.82, 2.24) is 5.32 Å². The minimum Gasteiger partial charge on any atom is -0.454 e. The fourth-order valence-electron chi connectivity index (χ4n) is 15.4. The van der Waals surface area contributed by atoms with Gasteiger partial charge in [0.2, 0.25) is 0 Å². The highest BCUT2D eigenvalue weighted by atomic mass is 35.6. The van der Waals surface area contributed by atoms with E-state index in [1.165, 1.54) is 13.0 Å². The number of nitrogens with one attached hydrogen (secondary N) is 1. The van der Waals surface area contributed by atoms with Crippen molar-refractivity contribution in [3.05, 3.63) is 300 Å². The third-order valence-electron chi connectivity index (χ3n) is 21.4. The van der Waals surface area contributed by atoms with Gasteiger partial charge in [-0.2, -0.15) is 0 Å². The highest BCUT2D eigenvalue weighted by Crippen LogP contribution is 2.43. The van der Waals surface area contributed by atoms with Crippen LogP contribution in [0.1, 0.15) is 72.2 Å². The summed E-state index contributed by atoms with van der Waals surface area (Å²) in [5.41, 5.74) is 6.38. The molecule has 5 heterocycles. The maximum Gasteiger partial charge on any atom is 0.303 e. The molecule has 0 unspecified atom stereocenters. The molecule has 121 heavy (non-hydrogen) atoms. The number of rotatable bonds is 39. The summed E-state index contributed by atoms with van der Waals surface area (Å²) in [7, 11) is 0. The zero-order valence-corrected chi connectivity index (χ0v) is 69.9. The third kappa shape index (κ3) is 25.2. The first-order valence-corrected chi connectivity index (χ1v) is 41.8. The molecule has 4 N–H and O–H groups in total. The molecule has 0 radical (unpaired) electrons. The second-order valence-electron chi connectivity index (χ2n) is 30.3. The van der Waals surface area contributed by atoms with E-state index in [-0.39, 0.29) is 66.1 Å². The van der Waals surface area contributed by atoms with E-state index in [9.17, 15) is 24.9 Å². The van der Waals surface area contributed by atoms with Gasteiger partial charge in [0.05, 0.1) is 91.0 Å². The molecular weight excluding hydrogens is 1620 g/mol. The SMILES string of the molecule is C=CCO[C@@H]1O[C@@H](C)[C@H](OCc2ccccc2)[C@@H](O[C@@H]2O[C@@H](C)[C@H](OCc3ccccc3)[C@@H](OCc3ccccc3)[C@H]2O[C@@H]2O[C@@H](C)[C@H](OCc3ccccc3)[C@@H](O[C@H]3O[C@H](COCc4ccccc4)[C@@H](OCc4ccccc4)[C@H](OCc4ccccc4)[C@H]3OCc3ccccc3)[C@H]2O[C@@H]2O[C@H](CO)[C@@H](O)[C@H](O)[C@H]2NC(=O)C(Cl)(Cl)Cl)[C@H]1OC(C)=O. The number of halogens is 3. The average molecular weight is 1730 g/mol. The summed E-state index contributed by atoms with van der Waals surface area (Å²) in [6.45, 7) is 9.61. The number of hydrogen-bond donors (Lipinski definition) is 4. The maximum atomic E-state index is 14.2. The maximum absolute atomic E-state index is 14.2. The summed E-state index contributed by atoms with van der Waals surface area (Å²) in [4.78, 5) is 27.9. The Morgan fingerprint density at radius 2 is 0.678 bits per heavy atom. The quantitative estimate of drug-likeness (QED) is 0.0158. The Bertz CT molecular complexity index is 4360. The van der Waals surface area contributed by atoms with E-state index in [1.807, 2.05) is 243 Å². The number of hydrogen-bond acceptors (Lipinski definition) is 24. The molecule has 5 aliphatic heterocycles.